The first kappa shape index (κ1) is 21.1. The van der Waals surface area contributed by atoms with Crippen LogP contribution in [0.2, 0.25) is 10.0 Å². The minimum Gasteiger partial charge on any atom is -0.384 e. The molecule has 0 spiro atoms. The fourth-order valence-corrected chi connectivity index (χ4v) is 4.20. The van der Waals surface area contributed by atoms with Crippen molar-refractivity contribution >= 4 is 40.5 Å². The lowest BCUT2D eigenvalue weighted by Gasteiger charge is -2.26. The van der Waals surface area contributed by atoms with Crippen molar-refractivity contribution in [2.75, 3.05) is 57.4 Å². The van der Waals surface area contributed by atoms with Gasteiger partial charge in [-0.05, 0) is 31.5 Å². The van der Waals surface area contributed by atoms with Gasteiger partial charge >= 0.3 is 0 Å². The summed E-state index contributed by atoms with van der Waals surface area (Å²) in [5, 5.41) is 1.24. The molecule has 2 heterocycles. The third-order valence-electron chi connectivity index (χ3n) is 4.82. The maximum Gasteiger partial charge on any atom is 0.142 e. The summed E-state index contributed by atoms with van der Waals surface area (Å²) < 4.78 is 10.7. The zero-order valence-electron chi connectivity index (χ0n) is 16.7. The summed E-state index contributed by atoms with van der Waals surface area (Å²) in [5.74, 6) is 2.85. The molecular formula is C20H26Cl2N4O2. The molecule has 0 saturated heterocycles. The zero-order chi connectivity index (χ0) is 20.3. The first-order valence-corrected chi connectivity index (χ1v) is 9.99. The van der Waals surface area contributed by atoms with Crippen molar-refractivity contribution in [2.24, 2.45) is 5.92 Å². The molecular weight excluding hydrogens is 399 g/mol. The topological polar surface area (TPSA) is 50.7 Å². The largest absolute Gasteiger partial charge is 0.384 e. The van der Waals surface area contributed by atoms with Gasteiger partial charge < -0.3 is 19.3 Å². The number of hydrogen-bond donors (Lipinski definition) is 0. The molecule has 28 heavy (non-hydrogen) atoms. The van der Waals surface area contributed by atoms with Crippen LogP contribution in [-0.4, -0.2) is 57.5 Å². The van der Waals surface area contributed by atoms with E-state index in [2.05, 4.69) is 16.8 Å². The van der Waals surface area contributed by atoms with Crippen molar-refractivity contribution in [1.82, 2.24) is 9.97 Å². The first-order chi connectivity index (χ1) is 13.4. The van der Waals surface area contributed by atoms with Gasteiger partial charge in [0, 0.05) is 50.9 Å². The highest BCUT2D eigenvalue weighted by Crippen LogP contribution is 2.40. The summed E-state index contributed by atoms with van der Waals surface area (Å²) in [4.78, 5) is 13.8. The Balaban J connectivity index is 1.92. The Kier molecular flexibility index (Phi) is 6.99. The van der Waals surface area contributed by atoms with Crippen LogP contribution in [0.25, 0.3) is 0 Å². The Morgan fingerprint density at radius 3 is 2.54 bits per heavy atom. The Bertz CT molecular complexity index is 828. The molecule has 0 unspecified atom stereocenters. The van der Waals surface area contributed by atoms with E-state index in [0.717, 1.165) is 48.2 Å². The third kappa shape index (κ3) is 4.51. The Morgan fingerprint density at radius 2 is 1.89 bits per heavy atom. The SMILES string of the molecule is COCC(COC)CN(C)c1nc(C)nc2c1CCN2c1ccc(Cl)cc1Cl. The lowest BCUT2D eigenvalue weighted by molar-refractivity contribution is 0.0880. The van der Waals surface area contributed by atoms with Gasteiger partial charge in [0.2, 0.25) is 0 Å². The predicted octanol–water partition coefficient (Wildman–Crippen LogP) is 4.13. The van der Waals surface area contributed by atoms with Crippen LogP contribution >= 0.6 is 23.2 Å². The Morgan fingerprint density at radius 1 is 1.18 bits per heavy atom. The van der Waals surface area contributed by atoms with Gasteiger partial charge in [0.25, 0.3) is 0 Å². The summed E-state index contributed by atoms with van der Waals surface area (Å²) in [5.41, 5.74) is 2.04. The molecule has 0 bridgehead atoms. The number of ether oxygens (including phenoxy) is 2. The minimum atomic E-state index is 0.258. The molecule has 1 aliphatic rings. The average molecular weight is 425 g/mol. The number of aromatic nitrogens is 2. The zero-order valence-corrected chi connectivity index (χ0v) is 18.2. The van der Waals surface area contributed by atoms with Crippen LogP contribution in [-0.2, 0) is 15.9 Å². The number of rotatable bonds is 8. The molecule has 0 amide bonds. The van der Waals surface area contributed by atoms with Crippen molar-refractivity contribution < 1.29 is 9.47 Å². The number of hydrogen-bond acceptors (Lipinski definition) is 6. The maximum atomic E-state index is 6.45. The molecule has 2 aromatic rings. The normalized spacial score (nSPS) is 13.3. The number of methoxy groups -OCH3 is 2. The highest BCUT2D eigenvalue weighted by molar-refractivity contribution is 6.36. The van der Waals surface area contributed by atoms with E-state index >= 15 is 0 Å². The second-order valence-corrected chi connectivity index (χ2v) is 7.89. The molecule has 0 radical (unpaired) electrons. The molecule has 1 aliphatic heterocycles. The van der Waals surface area contributed by atoms with Crippen molar-refractivity contribution in [3.05, 3.63) is 39.6 Å². The highest BCUT2D eigenvalue weighted by atomic mass is 35.5. The van der Waals surface area contributed by atoms with Gasteiger partial charge in [0.1, 0.15) is 17.5 Å². The van der Waals surface area contributed by atoms with E-state index in [4.69, 9.17) is 42.6 Å². The van der Waals surface area contributed by atoms with Crippen molar-refractivity contribution in [2.45, 2.75) is 13.3 Å². The van der Waals surface area contributed by atoms with E-state index < -0.39 is 0 Å². The van der Waals surface area contributed by atoms with Crippen LogP contribution in [0.3, 0.4) is 0 Å². The molecule has 0 aliphatic carbocycles. The summed E-state index contributed by atoms with van der Waals surface area (Å²) in [6, 6.07) is 5.55. The monoisotopic (exact) mass is 424 g/mol. The third-order valence-corrected chi connectivity index (χ3v) is 5.35. The summed E-state index contributed by atoms with van der Waals surface area (Å²) >= 11 is 12.5. The second kappa shape index (κ2) is 9.27. The molecule has 0 saturated carbocycles. The van der Waals surface area contributed by atoms with E-state index in [1.807, 2.05) is 19.1 Å². The number of benzene rings is 1. The lowest BCUT2D eigenvalue weighted by Crippen LogP contribution is -2.32. The molecule has 152 valence electrons. The van der Waals surface area contributed by atoms with Gasteiger partial charge in [-0.3, -0.25) is 0 Å². The van der Waals surface area contributed by atoms with Gasteiger partial charge in [-0.1, -0.05) is 23.2 Å². The summed E-state index contributed by atoms with van der Waals surface area (Å²) in [6.45, 7) is 4.77. The average Bonchev–Trinajstić information content (AvgIpc) is 3.05. The fourth-order valence-electron chi connectivity index (χ4n) is 3.69. The highest BCUT2D eigenvalue weighted by Gasteiger charge is 2.29. The van der Waals surface area contributed by atoms with Gasteiger partial charge in [0.15, 0.2) is 0 Å². The van der Waals surface area contributed by atoms with Gasteiger partial charge in [-0.2, -0.15) is 0 Å². The van der Waals surface area contributed by atoms with Crippen LogP contribution in [0.1, 0.15) is 11.4 Å². The molecule has 0 N–H and O–H groups in total. The van der Waals surface area contributed by atoms with Crippen molar-refractivity contribution in [1.29, 1.82) is 0 Å². The molecule has 6 nitrogen and oxygen atoms in total. The van der Waals surface area contributed by atoms with Crippen LogP contribution in [0.15, 0.2) is 18.2 Å². The van der Waals surface area contributed by atoms with E-state index in [1.54, 1.807) is 20.3 Å². The van der Waals surface area contributed by atoms with E-state index in [0.29, 0.717) is 23.3 Å². The van der Waals surface area contributed by atoms with Gasteiger partial charge in [-0.25, -0.2) is 9.97 Å². The number of nitrogens with zero attached hydrogens (tertiary/aromatic N) is 4. The van der Waals surface area contributed by atoms with E-state index in [-0.39, 0.29) is 5.92 Å². The van der Waals surface area contributed by atoms with E-state index in [9.17, 15) is 0 Å². The second-order valence-electron chi connectivity index (χ2n) is 7.05. The molecule has 1 aromatic carbocycles. The number of aryl methyl sites for hydroxylation is 1. The quantitative estimate of drug-likeness (QED) is 0.634. The molecule has 3 rings (SSSR count). The number of halogens is 2. The molecule has 0 atom stereocenters. The molecule has 8 heteroatoms. The standard InChI is InChI=1S/C20H26Cl2N4O2/c1-13-23-19(25(2)10-14(11-27-3)12-28-4)16-7-8-26(20(16)24-13)18-6-5-15(21)9-17(18)22/h5-6,9,14H,7-8,10-12H2,1-4H3. The molecule has 1 aromatic heterocycles. The van der Waals surface area contributed by atoms with Crippen molar-refractivity contribution in [3.8, 4) is 0 Å². The first-order valence-electron chi connectivity index (χ1n) is 9.23. The number of fused-ring (bicyclic) bond motifs is 1. The molecule has 0 fully saturated rings. The fraction of sp³-hybridized carbons (Fsp3) is 0.500. The minimum absolute atomic E-state index is 0.258. The summed E-state index contributed by atoms with van der Waals surface area (Å²) in [7, 11) is 5.48. The predicted molar refractivity (Wildman–Crippen MR) is 114 cm³/mol. The van der Waals surface area contributed by atoms with Gasteiger partial charge in [0.05, 0.1) is 23.9 Å². The van der Waals surface area contributed by atoms with Gasteiger partial charge in [-0.15, -0.1) is 0 Å². The van der Waals surface area contributed by atoms with Crippen molar-refractivity contribution in [3.63, 3.8) is 0 Å². The maximum absolute atomic E-state index is 6.45. The Labute approximate surface area is 176 Å². The van der Waals surface area contributed by atoms with Crippen LogP contribution in [0, 0.1) is 12.8 Å². The van der Waals surface area contributed by atoms with Crippen LogP contribution < -0.4 is 9.80 Å². The lowest BCUT2D eigenvalue weighted by atomic mass is 10.1. The smallest absolute Gasteiger partial charge is 0.142 e. The summed E-state index contributed by atoms with van der Waals surface area (Å²) in [6.07, 6.45) is 0.855. The Hall–Kier alpha value is -1.60. The van der Waals surface area contributed by atoms with Crippen LogP contribution in [0.4, 0.5) is 17.3 Å². The van der Waals surface area contributed by atoms with Crippen LogP contribution in [0.5, 0.6) is 0 Å². The van der Waals surface area contributed by atoms with E-state index in [1.165, 1.54) is 0 Å². The number of anilines is 3.